The minimum atomic E-state index is -3.61. The minimum absolute atomic E-state index is 0.125. The molecule has 21 heavy (non-hydrogen) atoms. The van der Waals surface area contributed by atoms with Gasteiger partial charge < -0.3 is 9.84 Å². The van der Waals surface area contributed by atoms with Crippen LogP contribution < -0.4 is 4.72 Å². The number of hydrogen-bond donors (Lipinski definition) is 2. The normalized spacial score (nSPS) is 22.6. The van der Waals surface area contributed by atoms with Gasteiger partial charge in [0, 0.05) is 23.5 Å². The first-order valence-corrected chi connectivity index (χ1v) is 9.26. The number of benzene rings is 1. The predicted octanol–water partition coefficient (Wildman–Crippen LogP) is 2.03. The zero-order chi connectivity index (χ0) is 15.5. The largest absolute Gasteiger partial charge is 0.392 e. The third-order valence-electron chi connectivity index (χ3n) is 3.75. The Morgan fingerprint density at radius 3 is 2.90 bits per heavy atom. The molecule has 118 valence electrons. The molecule has 0 aliphatic carbocycles. The summed E-state index contributed by atoms with van der Waals surface area (Å²) in [6.45, 7) is 2.91. The summed E-state index contributed by atoms with van der Waals surface area (Å²) in [5, 5.41) is 9.14. The molecule has 2 unspecified atom stereocenters. The van der Waals surface area contributed by atoms with Crippen LogP contribution in [0.15, 0.2) is 27.6 Å². The second-order valence-electron chi connectivity index (χ2n) is 5.14. The van der Waals surface area contributed by atoms with Crippen LogP contribution in [0.1, 0.15) is 25.3 Å². The van der Waals surface area contributed by atoms with Crippen molar-refractivity contribution in [3.63, 3.8) is 0 Å². The van der Waals surface area contributed by atoms with Gasteiger partial charge in [-0.15, -0.1) is 0 Å². The predicted molar refractivity (Wildman–Crippen MR) is 83.4 cm³/mol. The van der Waals surface area contributed by atoms with Crippen LogP contribution in [-0.2, 0) is 21.4 Å². The van der Waals surface area contributed by atoms with E-state index < -0.39 is 10.0 Å². The van der Waals surface area contributed by atoms with Crippen LogP contribution in [0.25, 0.3) is 0 Å². The molecular formula is C14H20BrNO4S. The van der Waals surface area contributed by atoms with Crippen LogP contribution in [-0.4, -0.2) is 32.8 Å². The molecule has 1 fully saturated rings. The molecule has 1 aliphatic heterocycles. The molecule has 2 rings (SSSR count). The Bertz CT molecular complexity index is 591. The van der Waals surface area contributed by atoms with Gasteiger partial charge in [-0.2, -0.15) is 0 Å². The molecule has 1 heterocycles. The van der Waals surface area contributed by atoms with Gasteiger partial charge in [-0.1, -0.05) is 13.0 Å². The van der Waals surface area contributed by atoms with Crippen LogP contribution in [0.5, 0.6) is 0 Å². The maximum absolute atomic E-state index is 12.4. The van der Waals surface area contributed by atoms with Crippen molar-refractivity contribution in [3.05, 3.63) is 28.2 Å². The van der Waals surface area contributed by atoms with Gasteiger partial charge in [-0.3, -0.25) is 0 Å². The van der Waals surface area contributed by atoms with Crippen molar-refractivity contribution in [1.82, 2.24) is 4.72 Å². The Morgan fingerprint density at radius 1 is 1.48 bits per heavy atom. The molecule has 1 aliphatic rings. The lowest BCUT2D eigenvalue weighted by Crippen LogP contribution is -2.33. The molecular weight excluding hydrogens is 358 g/mol. The Labute approximate surface area is 133 Å². The lowest BCUT2D eigenvalue weighted by Gasteiger charge is -2.17. The highest BCUT2D eigenvalue weighted by molar-refractivity contribution is 9.10. The highest BCUT2D eigenvalue weighted by Crippen LogP contribution is 2.25. The van der Waals surface area contributed by atoms with Gasteiger partial charge in [-0.05, 0) is 46.5 Å². The quantitative estimate of drug-likeness (QED) is 0.795. The number of halogens is 1. The average Bonchev–Trinajstić information content (AvgIpc) is 2.93. The van der Waals surface area contributed by atoms with E-state index in [-0.39, 0.29) is 23.5 Å². The minimum Gasteiger partial charge on any atom is -0.392 e. The van der Waals surface area contributed by atoms with Crippen molar-refractivity contribution in [2.24, 2.45) is 5.92 Å². The van der Waals surface area contributed by atoms with Crippen molar-refractivity contribution in [2.45, 2.75) is 37.4 Å². The third kappa shape index (κ3) is 4.04. The second kappa shape index (κ2) is 7.19. The third-order valence-corrected chi connectivity index (χ3v) is 6.17. The first-order valence-electron chi connectivity index (χ1n) is 6.98. The summed E-state index contributed by atoms with van der Waals surface area (Å²) in [6, 6.07) is 4.80. The smallest absolute Gasteiger partial charge is 0.241 e. The van der Waals surface area contributed by atoms with Gasteiger partial charge >= 0.3 is 0 Å². The number of aliphatic hydroxyl groups excluding tert-OH is 1. The summed E-state index contributed by atoms with van der Waals surface area (Å²) in [5.74, 6) is 0.213. The number of nitrogens with one attached hydrogen (secondary N) is 1. The number of sulfonamides is 1. The summed E-state index contributed by atoms with van der Waals surface area (Å²) in [4.78, 5) is 0.154. The van der Waals surface area contributed by atoms with Gasteiger partial charge in [0.2, 0.25) is 10.0 Å². The lowest BCUT2D eigenvalue weighted by molar-refractivity contribution is 0.0884. The van der Waals surface area contributed by atoms with E-state index in [2.05, 4.69) is 20.7 Å². The Morgan fingerprint density at radius 2 is 2.24 bits per heavy atom. The van der Waals surface area contributed by atoms with Crippen LogP contribution >= 0.6 is 15.9 Å². The van der Waals surface area contributed by atoms with E-state index in [1.165, 1.54) is 6.07 Å². The van der Waals surface area contributed by atoms with E-state index in [1.54, 1.807) is 12.1 Å². The van der Waals surface area contributed by atoms with Gasteiger partial charge in [0.25, 0.3) is 0 Å². The van der Waals surface area contributed by atoms with Crippen molar-refractivity contribution in [2.75, 3.05) is 13.2 Å². The van der Waals surface area contributed by atoms with E-state index in [4.69, 9.17) is 9.84 Å². The molecule has 0 aromatic heterocycles. The van der Waals surface area contributed by atoms with E-state index in [0.29, 0.717) is 23.2 Å². The number of aliphatic hydroxyl groups is 1. The molecule has 0 amide bonds. The summed E-state index contributed by atoms with van der Waals surface area (Å²) < 4.78 is 33.5. The highest BCUT2D eigenvalue weighted by atomic mass is 79.9. The summed E-state index contributed by atoms with van der Waals surface area (Å²) >= 11 is 3.25. The SMILES string of the molecule is CCC1OCCC1CNS(=O)(=O)c1cc(CO)ccc1Br. The summed E-state index contributed by atoms with van der Waals surface area (Å²) in [7, 11) is -3.61. The van der Waals surface area contributed by atoms with Gasteiger partial charge in [0.05, 0.1) is 17.6 Å². The maximum atomic E-state index is 12.4. The van der Waals surface area contributed by atoms with Crippen molar-refractivity contribution < 1.29 is 18.3 Å². The molecule has 1 saturated heterocycles. The monoisotopic (exact) mass is 377 g/mol. The molecule has 0 radical (unpaired) electrons. The molecule has 0 bridgehead atoms. The average molecular weight is 378 g/mol. The summed E-state index contributed by atoms with van der Waals surface area (Å²) in [6.07, 6.45) is 1.88. The highest BCUT2D eigenvalue weighted by Gasteiger charge is 2.28. The van der Waals surface area contributed by atoms with E-state index in [1.807, 2.05) is 6.92 Å². The molecule has 7 heteroatoms. The zero-order valence-electron chi connectivity index (χ0n) is 11.9. The zero-order valence-corrected chi connectivity index (χ0v) is 14.3. The fourth-order valence-corrected chi connectivity index (χ4v) is 4.63. The maximum Gasteiger partial charge on any atom is 0.241 e. The fraction of sp³-hybridized carbons (Fsp3) is 0.571. The fourth-order valence-electron chi connectivity index (χ4n) is 2.52. The van der Waals surface area contributed by atoms with Crippen LogP contribution in [0.3, 0.4) is 0 Å². The molecule has 0 spiro atoms. The van der Waals surface area contributed by atoms with Crippen molar-refractivity contribution >= 4 is 26.0 Å². The Kier molecular flexibility index (Phi) is 5.79. The lowest BCUT2D eigenvalue weighted by atomic mass is 10.0. The van der Waals surface area contributed by atoms with Crippen molar-refractivity contribution in [3.8, 4) is 0 Å². The molecule has 5 nitrogen and oxygen atoms in total. The van der Waals surface area contributed by atoms with Gasteiger partial charge in [0.15, 0.2) is 0 Å². The Balaban J connectivity index is 2.11. The van der Waals surface area contributed by atoms with E-state index in [0.717, 1.165) is 12.8 Å². The molecule has 2 N–H and O–H groups in total. The number of ether oxygens (including phenoxy) is 1. The molecule has 1 aromatic rings. The molecule has 0 saturated carbocycles. The Hall–Kier alpha value is -0.470. The number of hydrogen-bond acceptors (Lipinski definition) is 4. The first kappa shape index (κ1) is 16.9. The second-order valence-corrected chi connectivity index (χ2v) is 7.73. The van der Waals surface area contributed by atoms with Crippen LogP contribution in [0, 0.1) is 5.92 Å². The van der Waals surface area contributed by atoms with Crippen LogP contribution in [0.4, 0.5) is 0 Å². The van der Waals surface area contributed by atoms with Gasteiger partial charge in [-0.25, -0.2) is 13.1 Å². The van der Waals surface area contributed by atoms with E-state index >= 15 is 0 Å². The molecule has 2 atom stereocenters. The standard InChI is InChI=1S/C14H20BrNO4S/c1-2-13-11(5-6-20-13)8-16-21(18,19)14-7-10(9-17)3-4-12(14)15/h3-4,7,11,13,16-17H,2,5-6,8-9H2,1H3. The number of rotatable bonds is 6. The van der Waals surface area contributed by atoms with Crippen LogP contribution in [0.2, 0.25) is 0 Å². The van der Waals surface area contributed by atoms with Gasteiger partial charge in [0.1, 0.15) is 0 Å². The summed E-state index contributed by atoms with van der Waals surface area (Å²) in [5.41, 5.74) is 0.564. The first-order chi connectivity index (χ1) is 9.97. The van der Waals surface area contributed by atoms with E-state index in [9.17, 15) is 8.42 Å². The molecule has 1 aromatic carbocycles. The van der Waals surface area contributed by atoms with Crippen molar-refractivity contribution in [1.29, 1.82) is 0 Å². The topological polar surface area (TPSA) is 75.6 Å².